The molecule has 12 heteroatoms. The highest BCUT2D eigenvalue weighted by molar-refractivity contribution is 7.89. The fraction of sp³-hybridized carbons (Fsp3) is 0.500. The number of piperidine rings is 2. The maximum absolute atomic E-state index is 13.9. The predicted molar refractivity (Wildman–Crippen MR) is 143 cm³/mol. The summed E-state index contributed by atoms with van der Waals surface area (Å²) in [5.74, 6) is 0.229. The van der Waals surface area contributed by atoms with Crippen molar-refractivity contribution in [2.24, 2.45) is 5.92 Å². The number of halogens is 3. The SMILES string of the molecule is CC1CCN(C(=O)CN2CN(c3ccccc3)C3(CCN(S(=O)(=O)c4cccc(C(F)(F)F)c4)CC3)C2=O)CC1. The second-order valence-electron chi connectivity index (χ2n) is 10.9. The van der Waals surface area contributed by atoms with Gasteiger partial charge < -0.3 is 14.7 Å². The van der Waals surface area contributed by atoms with Gasteiger partial charge in [-0.25, -0.2) is 8.42 Å². The first-order valence-electron chi connectivity index (χ1n) is 13.5. The van der Waals surface area contributed by atoms with Gasteiger partial charge >= 0.3 is 6.18 Å². The van der Waals surface area contributed by atoms with Crippen molar-refractivity contribution in [2.75, 3.05) is 44.3 Å². The van der Waals surface area contributed by atoms with Crippen molar-refractivity contribution >= 4 is 27.5 Å². The van der Waals surface area contributed by atoms with Crippen LogP contribution in [0.5, 0.6) is 0 Å². The Hall–Kier alpha value is -3.12. The lowest BCUT2D eigenvalue weighted by atomic mass is 9.86. The smallest absolute Gasteiger partial charge is 0.341 e. The van der Waals surface area contributed by atoms with Gasteiger partial charge in [0.15, 0.2) is 0 Å². The number of amides is 2. The average Bonchev–Trinajstić information content (AvgIpc) is 3.20. The molecular weight excluding hydrogens is 545 g/mol. The van der Waals surface area contributed by atoms with E-state index >= 15 is 0 Å². The molecule has 3 heterocycles. The number of carbonyl (C=O) groups is 2. The molecule has 2 aromatic carbocycles. The van der Waals surface area contributed by atoms with Crippen LogP contribution >= 0.6 is 0 Å². The van der Waals surface area contributed by atoms with Crippen LogP contribution in [-0.4, -0.2) is 79.3 Å². The van der Waals surface area contributed by atoms with Crippen LogP contribution in [0.4, 0.5) is 18.9 Å². The predicted octanol–water partition coefficient (Wildman–Crippen LogP) is 3.79. The molecule has 2 amide bonds. The highest BCUT2D eigenvalue weighted by atomic mass is 32.2. The molecule has 40 heavy (non-hydrogen) atoms. The summed E-state index contributed by atoms with van der Waals surface area (Å²) in [5.41, 5.74) is -1.31. The van der Waals surface area contributed by atoms with Crippen molar-refractivity contribution < 1.29 is 31.2 Å². The van der Waals surface area contributed by atoms with Crippen LogP contribution in [0.2, 0.25) is 0 Å². The maximum Gasteiger partial charge on any atom is 0.416 e. The number of benzene rings is 2. The van der Waals surface area contributed by atoms with Crippen molar-refractivity contribution in [3.8, 4) is 0 Å². The van der Waals surface area contributed by atoms with E-state index in [1.807, 2.05) is 35.2 Å². The van der Waals surface area contributed by atoms with Crippen LogP contribution in [0.3, 0.4) is 0 Å². The zero-order valence-corrected chi connectivity index (χ0v) is 23.1. The molecule has 3 aliphatic rings. The summed E-state index contributed by atoms with van der Waals surface area (Å²) in [4.78, 5) is 31.9. The minimum Gasteiger partial charge on any atom is -0.341 e. The third-order valence-electron chi connectivity index (χ3n) is 8.39. The molecule has 3 fully saturated rings. The zero-order valence-electron chi connectivity index (χ0n) is 22.3. The largest absolute Gasteiger partial charge is 0.416 e. The lowest BCUT2D eigenvalue weighted by Gasteiger charge is -2.42. The first-order chi connectivity index (χ1) is 18.9. The minimum atomic E-state index is -4.67. The molecule has 216 valence electrons. The van der Waals surface area contributed by atoms with E-state index < -0.39 is 32.2 Å². The average molecular weight is 579 g/mol. The number of likely N-dealkylation sites (tertiary alicyclic amines) is 1. The summed E-state index contributed by atoms with van der Waals surface area (Å²) in [6.07, 6.45) is -2.53. The van der Waals surface area contributed by atoms with Crippen LogP contribution in [0, 0.1) is 5.92 Å². The second-order valence-corrected chi connectivity index (χ2v) is 12.9. The molecule has 2 aromatic rings. The van der Waals surface area contributed by atoms with E-state index in [4.69, 9.17) is 0 Å². The van der Waals surface area contributed by atoms with Crippen molar-refractivity contribution in [1.29, 1.82) is 0 Å². The van der Waals surface area contributed by atoms with Gasteiger partial charge in [0.05, 0.1) is 17.1 Å². The molecule has 0 bridgehead atoms. The first-order valence-corrected chi connectivity index (χ1v) is 14.9. The van der Waals surface area contributed by atoms with Gasteiger partial charge in [-0.3, -0.25) is 9.59 Å². The highest BCUT2D eigenvalue weighted by Gasteiger charge is 2.55. The maximum atomic E-state index is 13.9. The quantitative estimate of drug-likeness (QED) is 0.540. The Morgan fingerprint density at radius 3 is 2.25 bits per heavy atom. The molecular formula is C28H33F3N4O4S. The van der Waals surface area contributed by atoms with Gasteiger partial charge in [0, 0.05) is 31.9 Å². The first kappa shape index (κ1) is 28.4. The van der Waals surface area contributed by atoms with E-state index in [1.54, 1.807) is 9.80 Å². The lowest BCUT2D eigenvalue weighted by Crippen LogP contribution is -2.57. The number of rotatable bonds is 5. The molecule has 8 nitrogen and oxygen atoms in total. The van der Waals surface area contributed by atoms with Gasteiger partial charge in [-0.05, 0) is 61.9 Å². The second kappa shape index (κ2) is 10.7. The molecule has 0 aliphatic carbocycles. The summed E-state index contributed by atoms with van der Waals surface area (Å²) in [6, 6.07) is 13.0. The molecule has 3 aliphatic heterocycles. The van der Waals surface area contributed by atoms with E-state index in [0.29, 0.717) is 25.1 Å². The molecule has 0 unspecified atom stereocenters. The van der Waals surface area contributed by atoms with Crippen LogP contribution in [0.1, 0.15) is 38.2 Å². The highest BCUT2D eigenvalue weighted by Crippen LogP contribution is 2.41. The van der Waals surface area contributed by atoms with Gasteiger partial charge in [0.2, 0.25) is 21.8 Å². The Morgan fingerprint density at radius 2 is 1.62 bits per heavy atom. The van der Waals surface area contributed by atoms with E-state index in [-0.39, 0.29) is 51.0 Å². The Bertz CT molecular complexity index is 1350. The summed E-state index contributed by atoms with van der Waals surface area (Å²) >= 11 is 0. The number of para-hydroxylation sites is 1. The van der Waals surface area contributed by atoms with Crippen molar-refractivity contribution in [1.82, 2.24) is 14.1 Å². The summed E-state index contributed by atoms with van der Waals surface area (Å²) in [5, 5.41) is 0. The summed E-state index contributed by atoms with van der Waals surface area (Å²) in [6.45, 7) is 3.55. The van der Waals surface area contributed by atoms with Gasteiger partial charge in [-0.2, -0.15) is 17.5 Å². The molecule has 3 saturated heterocycles. The number of sulfonamides is 1. The normalized spacial score (nSPS) is 20.9. The Kier molecular flexibility index (Phi) is 7.60. The molecule has 0 saturated carbocycles. The van der Waals surface area contributed by atoms with Crippen LogP contribution in [0.15, 0.2) is 59.5 Å². The number of hydrogen-bond donors (Lipinski definition) is 0. The third-order valence-corrected chi connectivity index (χ3v) is 10.3. The lowest BCUT2D eigenvalue weighted by molar-refractivity contribution is -0.141. The number of hydrogen-bond acceptors (Lipinski definition) is 5. The van der Waals surface area contributed by atoms with Gasteiger partial charge in [0.1, 0.15) is 12.1 Å². The molecule has 1 spiro atoms. The minimum absolute atomic E-state index is 0.0422. The van der Waals surface area contributed by atoms with Crippen molar-refractivity contribution in [2.45, 2.75) is 49.2 Å². The van der Waals surface area contributed by atoms with E-state index in [9.17, 15) is 31.2 Å². The third kappa shape index (κ3) is 5.30. The van der Waals surface area contributed by atoms with Gasteiger partial charge in [-0.1, -0.05) is 31.2 Å². The number of alkyl halides is 3. The van der Waals surface area contributed by atoms with Crippen molar-refractivity contribution in [3.05, 3.63) is 60.2 Å². The monoisotopic (exact) mass is 578 g/mol. The molecule has 0 atom stereocenters. The summed E-state index contributed by atoms with van der Waals surface area (Å²) in [7, 11) is -4.21. The Balaban J connectivity index is 1.36. The van der Waals surface area contributed by atoms with E-state index in [1.165, 1.54) is 0 Å². The molecule has 0 radical (unpaired) electrons. The standard InChI is InChI=1S/C28H33F3N4O4S/c1-21-10-14-32(15-11-21)25(36)19-33-20-35(23-7-3-2-4-8-23)27(26(33)37)12-16-34(17-13-27)40(38,39)24-9-5-6-22(18-24)28(29,30)31/h2-9,18,21H,10-17,19-20H2,1H3. The zero-order chi connectivity index (χ0) is 28.7. The number of carbonyl (C=O) groups excluding carboxylic acids is 2. The number of nitrogens with zero attached hydrogens (tertiary/aromatic N) is 4. The van der Waals surface area contributed by atoms with E-state index in [0.717, 1.165) is 41.0 Å². The fourth-order valence-electron chi connectivity index (χ4n) is 5.92. The van der Waals surface area contributed by atoms with E-state index in [2.05, 4.69) is 6.92 Å². The van der Waals surface area contributed by atoms with Crippen LogP contribution < -0.4 is 4.90 Å². The number of anilines is 1. The van der Waals surface area contributed by atoms with Gasteiger partial charge in [-0.15, -0.1) is 0 Å². The van der Waals surface area contributed by atoms with Crippen LogP contribution in [-0.2, 0) is 25.8 Å². The summed E-state index contributed by atoms with van der Waals surface area (Å²) < 4.78 is 67.4. The Labute approximate surface area is 232 Å². The molecule has 0 N–H and O–H groups in total. The van der Waals surface area contributed by atoms with Gasteiger partial charge in [0.25, 0.3) is 0 Å². The fourth-order valence-corrected chi connectivity index (χ4v) is 7.41. The topological polar surface area (TPSA) is 81.2 Å². The Morgan fingerprint density at radius 1 is 0.975 bits per heavy atom. The molecule has 0 aromatic heterocycles. The van der Waals surface area contributed by atoms with Crippen LogP contribution in [0.25, 0.3) is 0 Å². The van der Waals surface area contributed by atoms with Crippen molar-refractivity contribution in [3.63, 3.8) is 0 Å². The molecule has 5 rings (SSSR count).